The molecule has 6 rings (SSSR count). The summed E-state index contributed by atoms with van der Waals surface area (Å²) in [7, 11) is 0. The lowest BCUT2D eigenvalue weighted by atomic mass is 9.92. The fourth-order valence-corrected chi connectivity index (χ4v) is 7.26. The Kier molecular flexibility index (Phi) is 9.32. The minimum Gasteiger partial charge on any atom is -0.486 e. The summed E-state index contributed by atoms with van der Waals surface area (Å²) in [5.74, 6) is -0.927. The Bertz CT molecular complexity index is 1500. The first-order valence-electron chi connectivity index (χ1n) is 16.9. The monoisotopic (exact) mass is 667 g/mol. The van der Waals surface area contributed by atoms with Crippen molar-refractivity contribution in [2.24, 2.45) is 11.3 Å². The van der Waals surface area contributed by atoms with Gasteiger partial charge < -0.3 is 34.3 Å². The fraction of sp³-hybridized carbons (Fsp3) is 0.629. The Morgan fingerprint density at radius 1 is 1.06 bits per heavy atom. The van der Waals surface area contributed by atoms with Crippen LogP contribution in [0.25, 0.3) is 0 Å². The molecule has 0 spiro atoms. The van der Waals surface area contributed by atoms with E-state index in [4.69, 9.17) is 18.9 Å². The van der Waals surface area contributed by atoms with E-state index in [0.717, 1.165) is 30.4 Å². The van der Waals surface area contributed by atoms with E-state index in [1.807, 2.05) is 24.3 Å². The second-order valence-corrected chi connectivity index (χ2v) is 14.5. The average Bonchev–Trinajstić information content (AvgIpc) is 3.33. The van der Waals surface area contributed by atoms with Gasteiger partial charge in [0.05, 0.1) is 24.5 Å². The van der Waals surface area contributed by atoms with Crippen LogP contribution < -0.4 is 14.8 Å². The molecule has 13 nitrogen and oxygen atoms in total. The smallest absolute Gasteiger partial charge is 0.410 e. The molecule has 1 saturated heterocycles. The number of aliphatic carboxylic acids is 1. The van der Waals surface area contributed by atoms with Crippen molar-refractivity contribution in [1.82, 2.24) is 15.1 Å². The number of nitrogens with one attached hydrogen (secondary N) is 1. The van der Waals surface area contributed by atoms with Crippen LogP contribution in [0.5, 0.6) is 11.5 Å². The standard InChI is InChI=1S/C35H45N3O10/c1-34(2,3)48-32(43)36-25-10-8-6-4-5-7-9-22-16-35(22,31(41)42)17-27(39)26-15-23(19-38(26)30(25)40)47-33(44)37-18-21-11-12-28-29(24(21)20-37)46-14-13-45-28/h7,9,11-12,22-23,25-26H,4-6,8,10,13-20H2,1-3H3,(H,36,43)(H,41,42)/b9-7-/t22-,23-,25+,26+,35-/m1/s1. The number of alkyl carbamates (subject to hydrolysis) is 1. The van der Waals surface area contributed by atoms with Crippen LogP contribution in [0, 0.1) is 11.3 Å². The maximum absolute atomic E-state index is 14.2. The molecule has 5 aliphatic rings. The van der Waals surface area contributed by atoms with Gasteiger partial charge in [-0.05, 0) is 64.0 Å². The zero-order chi connectivity index (χ0) is 34.2. The predicted molar refractivity (Wildman–Crippen MR) is 170 cm³/mol. The summed E-state index contributed by atoms with van der Waals surface area (Å²) in [6, 6.07) is 1.73. The van der Waals surface area contributed by atoms with Gasteiger partial charge >= 0.3 is 18.2 Å². The first-order chi connectivity index (χ1) is 22.8. The lowest BCUT2D eigenvalue weighted by Gasteiger charge is -2.30. The SMILES string of the molecule is CC(C)(C)OC(=O)N[C@H]1CCCCC/C=C\[C@@H]2C[C@@]2(C(=O)O)CC(=O)[C@@H]2C[C@@H](OC(=O)N3Cc4ccc5c(c4C3)OCCO5)CN2C1=O. The number of carbonyl (C=O) groups excluding carboxylic acids is 4. The van der Waals surface area contributed by atoms with Crippen molar-refractivity contribution in [1.29, 1.82) is 0 Å². The third-order valence-corrected chi connectivity index (χ3v) is 9.83. The zero-order valence-corrected chi connectivity index (χ0v) is 27.8. The third kappa shape index (κ3) is 7.09. The third-order valence-electron chi connectivity index (χ3n) is 9.83. The van der Waals surface area contributed by atoms with Crippen molar-refractivity contribution < 1.29 is 48.0 Å². The molecule has 1 saturated carbocycles. The molecule has 2 fully saturated rings. The summed E-state index contributed by atoms with van der Waals surface area (Å²) in [4.78, 5) is 69.8. The van der Waals surface area contributed by atoms with Crippen molar-refractivity contribution in [2.45, 2.75) is 109 Å². The molecule has 13 heteroatoms. The van der Waals surface area contributed by atoms with E-state index in [1.165, 1.54) is 9.80 Å². The highest BCUT2D eigenvalue weighted by atomic mass is 16.6. The van der Waals surface area contributed by atoms with Gasteiger partial charge in [-0.3, -0.25) is 19.3 Å². The van der Waals surface area contributed by atoms with Crippen LogP contribution in [0.4, 0.5) is 9.59 Å². The van der Waals surface area contributed by atoms with Crippen molar-refractivity contribution in [2.75, 3.05) is 19.8 Å². The van der Waals surface area contributed by atoms with E-state index < -0.39 is 59.0 Å². The van der Waals surface area contributed by atoms with E-state index in [2.05, 4.69) is 5.32 Å². The van der Waals surface area contributed by atoms with Gasteiger partial charge in [-0.2, -0.15) is 0 Å². The molecular weight excluding hydrogens is 622 g/mol. The number of nitrogens with zero attached hydrogens (tertiary/aromatic N) is 2. The summed E-state index contributed by atoms with van der Waals surface area (Å²) in [6.45, 7) is 6.55. The second kappa shape index (κ2) is 13.3. The number of Topliss-reactive ketones (excluding diaryl/α,β-unsaturated/α-hetero) is 1. The number of rotatable bonds is 3. The Morgan fingerprint density at radius 3 is 2.62 bits per heavy atom. The van der Waals surface area contributed by atoms with Gasteiger partial charge in [0.2, 0.25) is 5.91 Å². The van der Waals surface area contributed by atoms with E-state index in [1.54, 1.807) is 20.8 Å². The number of carboxylic acid groups (broad SMARTS) is 1. The summed E-state index contributed by atoms with van der Waals surface area (Å²) in [5, 5.41) is 12.9. The Balaban J connectivity index is 1.21. The topological polar surface area (TPSA) is 161 Å². The van der Waals surface area contributed by atoms with E-state index in [9.17, 15) is 29.1 Å². The molecule has 0 radical (unpaired) electrons. The number of ether oxygens (including phenoxy) is 4. The second-order valence-electron chi connectivity index (χ2n) is 14.5. The van der Waals surface area contributed by atoms with Gasteiger partial charge in [-0.15, -0.1) is 0 Å². The number of allylic oxidation sites excluding steroid dienone is 2. The van der Waals surface area contributed by atoms with Gasteiger partial charge in [0, 0.05) is 24.9 Å². The maximum atomic E-state index is 14.2. The van der Waals surface area contributed by atoms with E-state index in [-0.39, 0.29) is 31.8 Å². The number of carbonyl (C=O) groups is 5. The van der Waals surface area contributed by atoms with Crippen LogP contribution in [0.3, 0.4) is 0 Å². The Hall–Kier alpha value is -4.29. The first-order valence-corrected chi connectivity index (χ1v) is 16.9. The van der Waals surface area contributed by atoms with Crippen LogP contribution >= 0.6 is 0 Å². The van der Waals surface area contributed by atoms with Crippen LogP contribution in [0.1, 0.15) is 83.3 Å². The van der Waals surface area contributed by atoms with Crippen LogP contribution in [-0.4, -0.2) is 88.3 Å². The van der Waals surface area contributed by atoms with Gasteiger partial charge in [0.15, 0.2) is 17.3 Å². The molecule has 4 aliphatic heterocycles. The van der Waals surface area contributed by atoms with Crippen LogP contribution in [0.2, 0.25) is 0 Å². The molecule has 260 valence electrons. The molecule has 0 unspecified atom stereocenters. The summed E-state index contributed by atoms with van der Waals surface area (Å²) >= 11 is 0. The van der Waals surface area contributed by atoms with Crippen molar-refractivity contribution in [3.63, 3.8) is 0 Å². The summed E-state index contributed by atoms with van der Waals surface area (Å²) in [5.41, 5.74) is -0.234. The molecular formula is C35H45N3O10. The van der Waals surface area contributed by atoms with E-state index >= 15 is 0 Å². The Morgan fingerprint density at radius 2 is 1.85 bits per heavy atom. The first kappa shape index (κ1) is 33.6. The largest absolute Gasteiger partial charge is 0.486 e. The number of fused-ring (bicyclic) bond motifs is 5. The van der Waals surface area contributed by atoms with Crippen molar-refractivity contribution in [3.05, 3.63) is 35.4 Å². The summed E-state index contributed by atoms with van der Waals surface area (Å²) in [6.07, 6.45) is 5.20. The van der Waals surface area contributed by atoms with Crippen molar-refractivity contribution in [3.8, 4) is 11.5 Å². The molecule has 1 aliphatic carbocycles. The molecule has 1 aromatic carbocycles. The molecule has 1 aromatic rings. The van der Waals surface area contributed by atoms with Crippen LogP contribution in [0.15, 0.2) is 24.3 Å². The summed E-state index contributed by atoms with van der Waals surface area (Å²) < 4.78 is 22.9. The van der Waals surface area contributed by atoms with E-state index in [0.29, 0.717) is 50.5 Å². The highest BCUT2D eigenvalue weighted by Crippen LogP contribution is 2.57. The zero-order valence-electron chi connectivity index (χ0n) is 27.8. The lowest BCUT2D eigenvalue weighted by molar-refractivity contribution is -0.147. The molecule has 2 N–H and O–H groups in total. The van der Waals surface area contributed by atoms with Gasteiger partial charge in [-0.1, -0.05) is 31.1 Å². The number of amides is 3. The Labute approximate surface area is 279 Å². The van der Waals surface area contributed by atoms with Gasteiger partial charge in [0.1, 0.15) is 31.0 Å². The number of hydrogen-bond acceptors (Lipinski definition) is 9. The maximum Gasteiger partial charge on any atom is 0.410 e. The minimum absolute atomic E-state index is 0.0266. The van der Waals surface area contributed by atoms with Gasteiger partial charge in [-0.25, -0.2) is 9.59 Å². The minimum atomic E-state index is -1.22. The number of carboxylic acids is 1. The van der Waals surface area contributed by atoms with Crippen molar-refractivity contribution >= 4 is 29.8 Å². The molecule has 4 heterocycles. The molecule has 48 heavy (non-hydrogen) atoms. The lowest BCUT2D eigenvalue weighted by Crippen LogP contribution is -2.52. The number of ketones is 1. The quantitative estimate of drug-likeness (QED) is 0.444. The number of hydrogen-bond donors (Lipinski definition) is 2. The molecule has 3 amide bonds. The molecule has 5 atom stereocenters. The number of benzene rings is 1. The normalized spacial score (nSPS) is 29.4. The molecule has 0 bridgehead atoms. The average molecular weight is 668 g/mol. The molecule has 0 aromatic heterocycles. The van der Waals surface area contributed by atoms with Gasteiger partial charge in [0.25, 0.3) is 0 Å². The predicted octanol–water partition coefficient (Wildman–Crippen LogP) is 4.34. The van der Waals surface area contributed by atoms with Crippen LogP contribution in [-0.2, 0) is 36.9 Å². The fourth-order valence-electron chi connectivity index (χ4n) is 7.26. The highest BCUT2D eigenvalue weighted by Gasteiger charge is 2.61. The highest BCUT2D eigenvalue weighted by molar-refractivity contribution is 5.96.